The van der Waals surface area contributed by atoms with Gasteiger partial charge in [-0.15, -0.1) is 0 Å². The van der Waals surface area contributed by atoms with E-state index in [1.54, 1.807) is 11.6 Å². The largest absolute Gasteiger partial charge is 0.368 e. The third-order valence-corrected chi connectivity index (χ3v) is 3.27. The minimum absolute atomic E-state index is 0.187. The second kappa shape index (κ2) is 3.50. The Morgan fingerprint density at radius 1 is 1.12 bits per heavy atom. The Bertz CT molecular complexity index is 541. The van der Waals surface area contributed by atoms with E-state index in [1.807, 2.05) is 11.9 Å². The minimum atomic E-state index is -0.244. The number of nitrogens with zero attached hydrogens (tertiary/aromatic N) is 3. The normalized spacial score (nSPS) is 19.8. The number of anilines is 1. The molecule has 0 spiro atoms. The molecule has 0 radical (unpaired) electrons. The van der Waals surface area contributed by atoms with Crippen LogP contribution in [0.2, 0.25) is 0 Å². The fraction of sp³-hybridized carbons (Fsp3) is 0.636. The third-order valence-electron chi connectivity index (χ3n) is 3.27. The summed E-state index contributed by atoms with van der Waals surface area (Å²) in [4.78, 5) is 25.7. The third kappa shape index (κ3) is 1.38. The molecule has 0 saturated heterocycles. The molecule has 1 aromatic heterocycles. The summed E-state index contributed by atoms with van der Waals surface area (Å²) in [6.07, 6.45) is 0.793. The number of hydrogen-bond acceptors (Lipinski definition) is 3. The van der Waals surface area contributed by atoms with Gasteiger partial charge < -0.3 is 4.90 Å². The highest BCUT2D eigenvalue weighted by molar-refractivity contribution is 5.50. The number of fused-ring (bicyclic) bond motifs is 1. The zero-order chi connectivity index (χ0) is 12.0. The molecule has 0 amide bonds. The first-order chi connectivity index (χ1) is 7.43. The molecule has 1 atom stereocenters. The van der Waals surface area contributed by atoms with Crippen LogP contribution in [0.1, 0.15) is 12.6 Å². The van der Waals surface area contributed by atoms with E-state index >= 15 is 0 Å². The second-order valence-electron chi connectivity index (χ2n) is 4.69. The number of rotatable bonds is 0. The van der Waals surface area contributed by atoms with Crippen molar-refractivity contribution in [3.05, 3.63) is 26.5 Å². The van der Waals surface area contributed by atoms with Crippen LogP contribution in [0.15, 0.2) is 9.59 Å². The van der Waals surface area contributed by atoms with Gasteiger partial charge in [0.15, 0.2) is 0 Å². The summed E-state index contributed by atoms with van der Waals surface area (Å²) >= 11 is 0. The Balaban J connectivity index is 2.82. The first kappa shape index (κ1) is 11.0. The molecule has 1 aliphatic rings. The average Bonchev–Trinajstić information content (AvgIpc) is 2.22. The summed E-state index contributed by atoms with van der Waals surface area (Å²) in [6, 6.07) is 0. The molecular weight excluding hydrogens is 206 g/mol. The highest BCUT2D eigenvalue weighted by Crippen LogP contribution is 2.23. The van der Waals surface area contributed by atoms with Gasteiger partial charge in [0.1, 0.15) is 5.69 Å². The van der Waals surface area contributed by atoms with E-state index in [0.717, 1.165) is 18.7 Å². The van der Waals surface area contributed by atoms with Crippen molar-refractivity contribution >= 4 is 5.69 Å². The minimum Gasteiger partial charge on any atom is -0.368 e. The van der Waals surface area contributed by atoms with Crippen molar-refractivity contribution in [2.75, 3.05) is 18.5 Å². The fourth-order valence-corrected chi connectivity index (χ4v) is 2.44. The fourth-order valence-electron chi connectivity index (χ4n) is 2.44. The van der Waals surface area contributed by atoms with Gasteiger partial charge in [-0.3, -0.25) is 13.9 Å². The van der Waals surface area contributed by atoms with Crippen molar-refractivity contribution in [2.24, 2.45) is 20.0 Å². The van der Waals surface area contributed by atoms with Crippen molar-refractivity contribution in [3.63, 3.8) is 0 Å². The Morgan fingerprint density at radius 3 is 2.38 bits per heavy atom. The van der Waals surface area contributed by atoms with Crippen LogP contribution >= 0.6 is 0 Å². The Morgan fingerprint density at radius 2 is 1.75 bits per heavy atom. The molecule has 1 aliphatic heterocycles. The SMILES string of the molecule is CC1Cc2c(c(=O)n(C)c(=O)n2C)N(C)C1. The van der Waals surface area contributed by atoms with E-state index in [-0.39, 0.29) is 11.2 Å². The maximum atomic E-state index is 12.0. The summed E-state index contributed by atoms with van der Waals surface area (Å²) in [5.74, 6) is 0.468. The summed E-state index contributed by atoms with van der Waals surface area (Å²) in [6.45, 7) is 2.99. The lowest BCUT2D eigenvalue weighted by molar-refractivity contribution is 0.505. The molecule has 2 heterocycles. The molecule has 16 heavy (non-hydrogen) atoms. The summed E-state index contributed by atoms with van der Waals surface area (Å²) in [5.41, 5.74) is 1.09. The highest BCUT2D eigenvalue weighted by atomic mass is 16.2. The molecule has 5 heteroatoms. The standard InChI is InChI=1S/C11H17N3O2/c1-7-5-8-9(12(2)6-7)10(15)14(4)11(16)13(8)3/h7H,5-6H2,1-4H3. The van der Waals surface area contributed by atoms with Crippen molar-refractivity contribution < 1.29 is 0 Å². The van der Waals surface area contributed by atoms with E-state index in [0.29, 0.717) is 11.6 Å². The van der Waals surface area contributed by atoms with Crippen molar-refractivity contribution in [1.82, 2.24) is 9.13 Å². The van der Waals surface area contributed by atoms with Gasteiger partial charge in [-0.2, -0.15) is 0 Å². The molecule has 0 fully saturated rings. The summed E-state index contributed by atoms with van der Waals surface area (Å²) in [7, 11) is 5.16. The molecule has 0 bridgehead atoms. The Hall–Kier alpha value is -1.52. The zero-order valence-corrected chi connectivity index (χ0v) is 10.1. The maximum Gasteiger partial charge on any atom is 0.330 e. The monoisotopic (exact) mass is 223 g/mol. The second-order valence-corrected chi connectivity index (χ2v) is 4.69. The maximum absolute atomic E-state index is 12.0. The predicted octanol–water partition coefficient (Wildman–Crippen LogP) is -0.288. The molecule has 0 N–H and O–H groups in total. The number of hydrogen-bond donors (Lipinski definition) is 0. The van der Waals surface area contributed by atoms with Crippen LogP contribution in [0.5, 0.6) is 0 Å². The topological polar surface area (TPSA) is 47.2 Å². The van der Waals surface area contributed by atoms with E-state index in [1.165, 1.54) is 11.6 Å². The van der Waals surface area contributed by atoms with E-state index in [2.05, 4.69) is 6.92 Å². The zero-order valence-electron chi connectivity index (χ0n) is 10.1. The van der Waals surface area contributed by atoms with Crippen LogP contribution in [0.4, 0.5) is 5.69 Å². The van der Waals surface area contributed by atoms with Gasteiger partial charge in [0.2, 0.25) is 0 Å². The smallest absolute Gasteiger partial charge is 0.330 e. The van der Waals surface area contributed by atoms with Crippen LogP contribution in [-0.4, -0.2) is 22.7 Å². The van der Waals surface area contributed by atoms with Gasteiger partial charge in [0.05, 0.1) is 5.69 Å². The van der Waals surface area contributed by atoms with Crippen LogP contribution in [0, 0.1) is 5.92 Å². The van der Waals surface area contributed by atoms with Crippen LogP contribution in [0.25, 0.3) is 0 Å². The molecule has 2 rings (SSSR count). The van der Waals surface area contributed by atoms with Gasteiger partial charge in [0.25, 0.3) is 5.56 Å². The molecule has 1 unspecified atom stereocenters. The van der Waals surface area contributed by atoms with E-state index < -0.39 is 0 Å². The molecule has 88 valence electrons. The lowest BCUT2D eigenvalue weighted by atomic mass is 9.99. The van der Waals surface area contributed by atoms with Crippen LogP contribution in [0.3, 0.4) is 0 Å². The summed E-state index contributed by atoms with van der Waals surface area (Å²) in [5, 5.41) is 0. The van der Waals surface area contributed by atoms with E-state index in [9.17, 15) is 9.59 Å². The first-order valence-electron chi connectivity index (χ1n) is 5.43. The van der Waals surface area contributed by atoms with Gasteiger partial charge in [-0.25, -0.2) is 4.79 Å². The molecular formula is C11H17N3O2. The quantitative estimate of drug-likeness (QED) is 0.607. The van der Waals surface area contributed by atoms with Crippen molar-refractivity contribution in [3.8, 4) is 0 Å². The van der Waals surface area contributed by atoms with Crippen LogP contribution in [-0.2, 0) is 20.5 Å². The first-order valence-corrected chi connectivity index (χ1v) is 5.43. The molecule has 1 aromatic rings. The lowest BCUT2D eigenvalue weighted by Crippen LogP contribution is -2.46. The average molecular weight is 223 g/mol. The van der Waals surface area contributed by atoms with Crippen molar-refractivity contribution in [1.29, 1.82) is 0 Å². The number of aromatic nitrogens is 2. The molecule has 0 saturated carbocycles. The molecule has 0 aliphatic carbocycles. The lowest BCUT2D eigenvalue weighted by Gasteiger charge is -2.32. The Kier molecular flexibility index (Phi) is 2.40. The van der Waals surface area contributed by atoms with Crippen molar-refractivity contribution in [2.45, 2.75) is 13.3 Å². The van der Waals surface area contributed by atoms with Crippen LogP contribution < -0.4 is 16.1 Å². The van der Waals surface area contributed by atoms with Gasteiger partial charge in [0, 0.05) is 27.7 Å². The predicted molar refractivity (Wildman–Crippen MR) is 63.1 cm³/mol. The Labute approximate surface area is 93.9 Å². The highest BCUT2D eigenvalue weighted by Gasteiger charge is 2.25. The van der Waals surface area contributed by atoms with Gasteiger partial charge >= 0.3 is 5.69 Å². The van der Waals surface area contributed by atoms with Gasteiger partial charge in [-0.05, 0) is 12.3 Å². The van der Waals surface area contributed by atoms with E-state index in [4.69, 9.17) is 0 Å². The summed E-state index contributed by atoms with van der Waals surface area (Å²) < 4.78 is 2.76. The molecule has 5 nitrogen and oxygen atoms in total. The van der Waals surface area contributed by atoms with Gasteiger partial charge in [-0.1, -0.05) is 6.92 Å². The molecule has 0 aromatic carbocycles.